The molecule has 1 aromatic carbocycles. The van der Waals surface area contributed by atoms with E-state index in [0.29, 0.717) is 25.2 Å². The van der Waals surface area contributed by atoms with Crippen molar-refractivity contribution in [3.05, 3.63) is 24.3 Å². The Hall–Kier alpha value is -1.73. The molecule has 3 saturated heterocycles. The number of hydrogen-bond acceptors (Lipinski definition) is 5. The van der Waals surface area contributed by atoms with Gasteiger partial charge in [-0.2, -0.15) is 0 Å². The molecule has 0 N–H and O–H groups in total. The highest BCUT2D eigenvalue weighted by atomic mass is 16.7. The molecule has 164 valence electrons. The van der Waals surface area contributed by atoms with Crippen molar-refractivity contribution < 1.29 is 18.8 Å². The maximum atomic E-state index is 12.5. The number of nitrogens with zero attached hydrogens (tertiary/aromatic N) is 2. The van der Waals surface area contributed by atoms with E-state index in [1.54, 1.807) is 0 Å². The van der Waals surface area contributed by atoms with E-state index in [1.165, 1.54) is 5.69 Å². The van der Waals surface area contributed by atoms with Gasteiger partial charge in [-0.15, -0.1) is 0 Å². The molecule has 0 aliphatic carbocycles. The molecule has 30 heavy (non-hydrogen) atoms. The SMILES string of the molecule is CC(C)(C)OC(=O)N1CC2CCC(C1)N2c1ccc(B2OC(C)(C)C(C)(C)O2)cc1. The first-order chi connectivity index (χ1) is 13.9. The monoisotopic (exact) mass is 414 g/mol. The van der Waals surface area contributed by atoms with Gasteiger partial charge >= 0.3 is 13.2 Å². The Bertz CT molecular complexity index is 772. The molecule has 3 aliphatic heterocycles. The second kappa shape index (κ2) is 7.16. The molecule has 1 amide bonds. The molecule has 0 spiro atoms. The van der Waals surface area contributed by atoms with E-state index in [9.17, 15) is 4.79 Å². The van der Waals surface area contributed by atoms with Gasteiger partial charge in [0, 0.05) is 30.9 Å². The first-order valence-electron chi connectivity index (χ1n) is 11.1. The molecule has 3 heterocycles. The lowest BCUT2D eigenvalue weighted by Gasteiger charge is -2.42. The number of likely N-dealkylation sites (tertiary alicyclic amines) is 1. The Morgan fingerprint density at radius 3 is 1.97 bits per heavy atom. The van der Waals surface area contributed by atoms with Crippen LogP contribution in [0.25, 0.3) is 0 Å². The molecule has 4 rings (SSSR count). The second-order valence-electron chi connectivity index (χ2n) is 10.9. The number of rotatable bonds is 2. The van der Waals surface area contributed by atoms with E-state index in [-0.39, 0.29) is 24.4 Å². The average Bonchev–Trinajstić information content (AvgIpc) is 3.01. The van der Waals surface area contributed by atoms with Crippen LogP contribution in [0, 0.1) is 0 Å². The molecule has 3 aliphatic rings. The van der Waals surface area contributed by atoms with Crippen LogP contribution in [-0.2, 0) is 14.0 Å². The molecule has 2 atom stereocenters. The standard InChI is InChI=1S/C23H35BN2O4/c1-21(2,3)28-20(27)25-14-18-12-13-19(15-25)26(18)17-10-8-16(9-11-17)24-29-22(4,5)23(6,7)30-24/h8-11,18-19H,12-15H2,1-7H3. The summed E-state index contributed by atoms with van der Waals surface area (Å²) in [6.45, 7) is 15.5. The number of benzene rings is 1. The summed E-state index contributed by atoms with van der Waals surface area (Å²) in [4.78, 5) is 16.9. The van der Waals surface area contributed by atoms with Crippen molar-refractivity contribution in [1.29, 1.82) is 0 Å². The van der Waals surface area contributed by atoms with Gasteiger partial charge in [-0.3, -0.25) is 0 Å². The molecule has 1 aromatic rings. The Labute approximate surface area is 181 Å². The number of carbonyl (C=O) groups excluding carboxylic acids is 1. The van der Waals surface area contributed by atoms with Gasteiger partial charge in [0.2, 0.25) is 0 Å². The van der Waals surface area contributed by atoms with Crippen molar-refractivity contribution in [2.75, 3.05) is 18.0 Å². The third kappa shape index (κ3) is 3.94. The van der Waals surface area contributed by atoms with Crippen LogP contribution >= 0.6 is 0 Å². The van der Waals surface area contributed by atoms with Gasteiger partial charge in [-0.1, -0.05) is 12.1 Å². The Morgan fingerprint density at radius 2 is 1.50 bits per heavy atom. The average molecular weight is 414 g/mol. The molecule has 2 unspecified atom stereocenters. The van der Waals surface area contributed by atoms with Gasteiger partial charge < -0.3 is 23.8 Å². The van der Waals surface area contributed by atoms with Crippen molar-refractivity contribution in [3.63, 3.8) is 0 Å². The third-order valence-corrected chi connectivity index (χ3v) is 6.85. The summed E-state index contributed by atoms with van der Waals surface area (Å²) in [5.41, 5.74) is 1.10. The number of amides is 1. The molecule has 6 nitrogen and oxygen atoms in total. The fourth-order valence-corrected chi connectivity index (χ4v) is 4.58. The predicted molar refractivity (Wildman–Crippen MR) is 119 cm³/mol. The highest BCUT2D eigenvalue weighted by molar-refractivity contribution is 6.62. The third-order valence-electron chi connectivity index (χ3n) is 6.85. The second-order valence-corrected chi connectivity index (χ2v) is 10.9. The van der Waals surface area contributed by atoms with Crippen LogP contribution in [0.1, 0.15) is 61.3 Å². The predicted octanol–water partition coefficient (Wildman–Crippen LogP) is 3.57. The zero-order chi connectivity index (χ0) is 21.9. The summed E-state index contributed by atoms with van der Waals surface area (Å²) in [5.74, 6) is 0. The zero-order valence-electron chi connectivity index (χ0n) is 19.4. The highest BCUT2D eigenvalue weighted by Crippen LogP contribution is 2.38. The normalized spacial score (nSPS) is 27.5. The smallest absolute Gasteiger partial charge is 0.444 e. The summed E-state index contributed by atoms with van der Waals surface area (Å²) < 4.78 is 17.9. The van der Waals surface area contributed by atoms with E-state index < -0.39 is 5.60 Å². The molecule has 2 bridgehead atoms. The number of anilines is 1. The first kappa shape index (κ1) is 21.5. The fraction of sp³-hybridized carbons (Fsp3) is 0.696. The molecular weight excluding hydrogens is 379 g/mol. The molecule has 7 heteroatoms. The minimum absolute atomic E-state index is 0.199. The highest BCUT2D eigenvalue weighted by Gasteiger charge is 2.51. The van der Waals surface area contributed by atoms with Crippen molar-refractivity contribution >= 4 is 24.4 Å². The molecule has 3 fully saturated rings. The van der Waals surface area contributed by atoms with E-state index in [2.05, 4.69) is 56.9 Å². The number of piperazine rings is 1. The summed E-state index contributed by atoms with van der Waals surface area (Å²) in [6.07, 6.45) is 2.00. The maximum absolute atomic E-state index is 12.5. The van der Waals surface area contributed by atoms with E-state index in [4.69, 9.17) is 14.0 Å². The lowest BCUT2D eigenvalue weighted by molar-refractivity contribution is 0.00578. The number of fused-ring (bicyclic) bond motifs is 2. The summed E-state index contributed by atoms with van der Waals surface area (Å²) in [7, 11) is -0.343. The lowest BCUT2D eigenvalue weighted by Crippen LogP contribution is -2.56. The van der Waals surface area contributed by atoms with Crippen LogP contribution in [0.4, 0.5) is 10.5 Å². The van der Waals surface area contributed by atoms with Crippen LogP contribution < -0.4 is 10.4 Å². The molecule has 0 saturated carbocycles. The maximum Gasteiger partial charge on any atom is 0.494 e. The minimum atomic E-state index is -0.462. The van der Waals surface area contributed by atoms with Crippen molar-refractivity contribution in [2.45, 2.75) is 90.2 Å². The van der Waals surface area contributed by atoms with Gasteiger partial charge in [0.1, 0.15) is 5.60 Å². The van der Waals surface area contributed by atoms with Crippen LogP contribution in [0.3, 0.4) is 0 Å². The molecule has 0 radical (unpaired) electrons. The van der Waals surface area contributed by atoms with Crippen molar-refractivity contribution in [1.82, 2.24) is 4.90 Å². The van der Waals surface area contributed by atoms with Crippen LogP contribution in [0.5, 0.6) is 0 Å². The van der Waals surface area contributed by atoms with Gasteiger partial charge in [0.25, 0.3) is 0 Å². The number of carbonyl (C=O) groups is 1. The van der Waals surface area contributed by atoms with Crippen LogP contribution in [0.2, 0.25) is 0 Å². The van der Waals surface area contributed by atoms with Crippen molar-refractivity contribution in [2.24, 2.45) is 0 Å². The number of hydrogen-bond donors (Lipinski definition) is 0. The summed E-state index contributed by atoms with van der Waals surface area (Å²) in [5, 5.41) is 0. The van der Waals surface area contributed by atoms with Gasteiger partial charge in [0.05, 0.1) is 11.2 Å². The van der Waals surface area contributed by atoms with Crippen molar-refractivity contribution in [3.8, 4) is 0 Å². The van der Waals surface area contributed by atoms with Gasteiger partial charge in [0.15, 0.2) is 0 Å². The quantitative estimate of drug-likeness (QED) is 0.693. The van der Waals surface area contributed by atoms with Crippen LogP contribution in [-0.4, -0.2) is 60.1 Å². The fourth-order valence-electron chi connectivity index (χ4n) is 4.58. The molecular formula is C23H35BN2O4. The largest absolute Gasteiger partial charge is 0.494 e. The summed E-state index contributed by atoms with van der Waals surface area (Å²) in [6, 6.07) is 9.20. The number of ether oxygens (including phenoxy) is 1. The topological polar surface area (TPSA) is 51.2 Å². The minimum Gasteiger partial charge on any atom is -0.444 e. The Kier molecular flexibility index (Phi) is 5.13. The molecule has 0 aromatic heterocycles. The van der Waals surface area contributed by atoms with E-state index >= 15 is 0 Å². The summed E-state index contributed by atoms with van der Waals surface area (Å²) >= 11 is 0. The Morgan fingerprint density at radius 1 is 1.00 bits per heavy atom. The Balaban J connectivity index is 1.44. The van der Waals surface area contributed by atoms with E-state index in [1.807, 2.05) is 25.7 Å². The lowest BCUT2D eigenvalue weighted by atomic mass is 9.79. The zero-order valence-corrected chi connectivity index (χ0v) is 19.4. The van der Waals surface area contributed by atoms with Crippen LogP contribution in [0.15, 0.2) is 24.3 Å². The first-order valence-corrected chi connectivity index (χ1v) is 11.1. The van der Waals surface area contributed by atoms with Gasteiger partial charge in [-0.05, 0) is 78.9 Å². The van der Waals surface area contributed by atoms with E-state index in [0.717, 1.165) is 18.3 Å². The van der Waals surface area contributed by atoms with Gasteiger partial charge in [-0.25, -0.2) is 4.79 Å².